The standard InChI is InChI=1S/C12H16N2O3.ClH/c15-12(16)8-3-4-9-6-13-11(14(9)7-8)10-2-1-5-17-10;/h6,8,10H,1-5,7H2,(H,15,16);1H. The molecule has 6 heteroatoms. The average molecular weight is 273 g/mol. The van der Waals surface area contributed by atoms with Crippen molar-refractivity contribution in [1.82, 2.24) is 9.55 Å². The highest BCUT2D eigenvalue weighted by Gasteiger charge is 2.30. The Morgan fingerprint density at radius 3 is 3.00 bits per heavy atom. The molecular weight excluding hydrogens is 256 g/mol. The summed E-state index contributed by atoms with van der Waals surface area (Å²) in [4.78, 5) is 15.5. The second kappa shape index (κ2) is 5.28. The molecule has 0 radical (unpaired) electrons. The van der Waals surface area contributed by atoms with Crippen LogP contribution >= 0.6 is 12.4 Å². The summed E-state index contributed by atoms with van der Waals surface area (Å²) in [6, 6.07) is 0. The lowest BCUT2D eigenvalue weighted by atomic mass is 9.98. The van der Waals surface area contributed by atoms with Crippen molar-refractivity contribution < 1.29 is 14.6 Å². The molecule has 0 spiro atoms. The van der Waals surface area contributed by atoms with Gasteiger partial charge >= 0.3 is 5.97 Å². The van der Waals surface area contributed by atoms with Crippen LogP contribution in [-0.4, -0.2) is 27.2 Å². The van der Waals surface area contributed by atoms with Crippen LogP contribution in [0.4, 0.5) is 0 Å². The smallest absolute Gasteiger partial charge is 0.308 e. The molecule has 2 aliphatic rings. The van der Waals surface area contributed by atoms with E-state index in [4.69, 9.17) is 9.84 Å². The lowest BCUT2D eigenvalue weighted by Gasteiger charge is -2.23. The van der Waals surface area contributed by atoms with E-state index in [1.807, 2.05) is 6.20 Å². The molecule has 0 aromatic carbocycles. The number of halogens is 1. The van der Waals surface area contributed by atoms with E-state index in [9.17, 15) is 4.79 Å². The Hall–Kier alpha value is -1.07. The van der Waals surface area contributed by atoms with E-state index in [1.165, 1.54) is 0 Å². The van der Waals surface area contributed by atoms with Gasteiger partial charge in [-0.15, -0.1) is 12.4 Å². The van der Waals surface area contributed by atoms with Crippen LogP contribution in [0.1, 0.15) is 36.9 Å². The first kappa shape index (κ1) is 13.4. The van der Waals surface area contributed by atoms with Gasteiger partial charge in [0.25, 0.3) is 0 Å². The van der Waals surface area contributed by atoms with E-state index in [-0.39, 0.29) is 24.4 Å². The van der Waals surface area contributed by atoms with Gasteiger partial charge < -0.3 is 14.4 Å². The molecule has 18 heavy (non-hydrogen) atoms. The number of hydrogen-bond donors (Lipinski definition) is 1. The summed E-state index contributed by atoms with van der Waals surface area (Å²) in [7, 11) is 0. The van der Waals surface area contributed by atoms with Crippen LogP contribution in [0, 0.1) is 5.92 Å². The van der Waals surface area contributed by atoms with Gasteiger partial charge in [0.1, 0.15) is 11.9 Å². The first-order chi connectivity index (χ1) is 8.25. The highest BCUT2D eigenvalue weighted by Crippen LogP contribution is 2.31. The number of ether oxygens (including phenoxy) is 1. The summed E-state index contributed by atoms with van der Waals surface area (Å²) in [5, 5.41) is 9.09. The van der Waals surface area contributed by atoms with Crippen molar-refractivity contribution in [2.24, 2.45) is 5.92 Å². The fourth-order valence-electron chi connectivity index (χ4n) is 2.71. The molecule has 0 amide bonds. The molecule has 1 N–H and O–H groups in total. The maximum absolute atomic E-state index is 11.1. The first-order valence-corrected chi connectivity index (χ1v) is 6.14. The largest absolute Gasteiger partial charge is 0.481 e. The van der Waals surface area contributed by atoms with Gasteiger partial charge in [-0.3, -0.25) is 4.79 Å². The van der Waals surface area contributed by atoms with E-state index in [1.54, 1.807) is 0 Å². The van der Waals surface area contributed by atoms with Gasteiger partial charge in [0.05, 0.1) is 5.92 Å². The summed E-state index contributed by atoms with van der Waals surface area (Å²) < 4.78 is 7.68. The maximum Gasteiger partial charge on any atom is 0.308 e. The summed E-state index contributed by atoms with van der Waals surface area (Å²) >= 11 is 0. The van der Waals surface area contributed by atoms with Crippen LogP contribution in [0.2, 0.25) is 0 Å². The van der Waals surface area contributed by atoms with Gasteiger partial charge in [-0.1, -0.05) is 0 Å². The van der Waals surface area contributed by atoms with E-state index in [0.29, 0.717) is 13.0 Å². The SMILES string of the molecule is Cl.O=C(O)C1CCc2cnc(C3CCCO3)n2C1. The fraction of sp³-hybridized carbons (Fsp3) is 0.667. The van der Waals surface area contributed by atoms with Gasteiger partial charge in [0.15, 0.2) is 0 Å². The van der Waals surface area contributed by atoms with Crippen molar-refractivity contribution in [3.63, 3.8) is 0 Å². The van der Waals surface area contributed by atoms with Crippen molar-refractivity contribution in [3.8, 4) is 0 Å². The summed E-state index contributed by atoms with van der Waals surface area (Å²) in [5.74, 6) is -0.0667. The highest BCUT2D eigenvalue weighted by atomic mass is 35.5. The van der Waals surface area contributed by atoms with Crippen molar-refractivity contribution in [2.75, 3.05) is 6.61 Å². The van der Waals surface area contributed by atoms with E-state index >= 15 is 0 Å². The summed E-state index contributed by atoms with van der Waals surface area (Å²) in [6.45, 7) is 1.33. The molecule has 1 aromatic rings. The van der Waals surface area contributed by atoms with Gasteiger partial charge in [-0.25, -0.2) is 4.98 Å². The third-order valence-electron chi connectivity index (χ3n) is 3.69. The minimum atomic E-state index is -0.706. The predicted molar refractivity (Wildman–Crippen MR) is 66.8 cm³/mol. The lowest BCUT2D eigenvalue weighted by molar-refractivity contribution is -0.142. The van der Waals surface area contributed by atoms with Crippen LogP contribution in [0.25, 0.3) is 0 Å². The van der Waals surface area contributed by atoms with E-state index in [2.05, 4.69) is 9.55 Å². The number of nitrogens with zero attached hydrogens (tertiary/aromatic N) is 2. The second-order valence-corrected chi connectivity index (χ2v) is 4.79. The average Bonchev–Trinajstić information content (AvgIpc) is 2.96. The number of carboxylic acids is 1. The Morgan fingerprint density at radius 1 is 1.50 bits per heavy atom. The normalized spacial score (nSPS) is 26.4. The van der Waals surface area contributed by atoms with E-state index < -0.39 is 5.97 Å². The zero-order chi connectivity index (χ0) is 11.8. The van der Waals surface area contributed by atoms with Gasteiger partial charge in [-0.2, -0.15) is 0 Å². The number of hydrogen-bond acceptors (Lipinski definition) is 3. The molecule has 2 unspecified atom stereocenters. The maximum atomic E-state index is 11.1. The molecule has 1 saturated heterocycles. The Labute approximate surface area is 112 Å². The Morgan fingerprint density at radius 2 is 2.33 bits per heavy atom. The quantitative estimate of drug-likeness (QED) is 0.892. The molecular formula is C12H17ClN2O3. The van der Waals surface area contributed by atoms with Crippen LogP contribution in [0.3, 0.4) is 0 Å². The molecule has 0 saturated carbocycles. The van der Waals surface area contributed by atoms with Crippen LogP contribution in [0.15, 0.2) is 6.20 Å². The number of rotatable bonds is 2. The number of carboxylic acid groups (broad SMARTS) is 1. The Balaban J connectivity index is 0.00000120. The fourth-order valence-corrected chi connectivity index (χ4v) is 2.71. The molecule has 2 atom stereocenters. The number of aliphatic carboxylic acids is 1. The van der Waals surface area contributed by atoms with E-state index in [0.717, 1.165) is 37.4 Å². The molecule has 2 aliphatic heterocycles. The topological polar surface area (TPSA) is 64.3 Å². The molecule has 0 bridgehead atoms. The van der Waals surface area contributed by atoms with Gasteiger partial charge in [0.2, 0.25) is 0 Å². The third-order valence-corrected chi connectivity index (χ3v) is 3.69. The van der Waals surface area contributed by atoms with Crippen LogP contribution in [0.5, 0.6) is 0 Å². The summed E-state index contributed by atoms with van der Waals surface area (Å²) in [5.41, 5.74) is 1.15. The molecule has 3 heterocycles. The number of carbonyl (C=O) groups is 1. The zero-order valence-electron chi connectivity index (χ0n) is 10.0. The monoisotopic (exact) mass is 272 g/mol. The molecule has 5 nitrogen and oxygen atoms in total. The number of aromatic nitrogens is 2. The van der Waals surface area contributed by atoms with Crippen molar-refractivity contribution >= 4 is 18.4 Å². The molecule has 3 rings (SSSR count). The highest BCUT2D eigenvalue weighted by molar-refractivity contribution is 5.85. The first-order valence-electron chi connectivity index (χ1n) is 6.14. The number of imidazole rings is 1. The van der Waals surface area contributed by atoms with Gasteiger partial charge in [-0.05, 0) is 25.7 Å². The molecule has 1 aromatic heterocycles. The molecule has 0 aliphatic carbocycles. The third kappa shape index (κ3) is 2.24. The van der Waals surface area contributed by atoms with Crippen molar-refractivity contribution in [2.45, 2.75) is 38.3 Å². The minimum Gasteiger partial charge on any atom is -0.481 e. The minimum absolute atomic E-state index is 0. The summed E-state index contributed by atoms with van der Waals surface area (Å²) in [6.07, 6.45) is 5.51. The molecule has 1 fully saturated rings. The van der Waals surface area contributed by atoms with Crippen LogP contribution < -0.4 is 0 Å². The Kier molecular flexibility index (Phi) is 3.92. The molecule has 100 valence electrons. The van der Waals surface area contributed by atoms with Crippen molar-refractivity contribution in [1.29, 1.82) is 0 Å². The number of fused-ring (bicyclic) bond motifs is 1. The second-order valence-electron chi connectivity index (χ2n) is 4.79. The zero-order valence-corrected chi connectivity index (χ0v) is 10.9. The lowest BCUT2D eigenvalue weighted by Crippen LogP contribution is -2.27. The van der Waals surface area contributed by atoms with Crippen LogP contribution in [-0.2, 0) is 22.5 Å². The Bertz CT molecular complexity index is 441. The van der Waals surface area contributed by atoms with Gasteiger partial charge in [0, 0.05) is 25.0 Å². The van der Waals surface area contributed by atoms with Crippen molar-refractivity contribution in [3.05, 3.63) is 17.7 Å². The predicted octanol–water partition coefficient (Wildman–Crippen LogP) is 1.80. The number of aryl methyl sites for hydroxylation is 1.